The summed E-state index contributed by atoms with van der Waals surface area (Å²) in [6, 6.07) is 9.66. The molecule has 0 bridgehead atoms. The zero-order chi connectivity index (χ0) is 18.1. The van der Waals surface area contributed by atoms with Crippen molar-refractivity contribution in [2.24, 2.45) is 13.0 Å². The molecule has 1 aliphatic rings. The molecule has 6 nitrogen and oxygen atoms in total. The molecule has 1 aliphatic carbocycles. The van der Waals surface area contributed by atoms with Gasteiger partial charge in [-0.3, -0.25) is 9.48 Å². The Bertz CT molecular complexity index is 958. The van der Waals surface area contributed by atoms with Crippen LogP contribution in [0.4, 0.5) is 0 Å². The third kappa shape index (κ3) is 3.31. The lowest BCUT2D eigenvalue weighted by molar-refractivity contribution is 0.0948. The van der Waals surface area contributed by atoms with Crippen LogP contribution in [0.15, 0.2) is 30.3 Å². The summed E-state index contributed by atoms with van der Waals surface area (Å²) >= 11 is 0. The van der Waals surface area contributed by atoms with Crippen molar-refractivity contribution in [1.82, 2.24) is 25.3 Å². The van der Waals surface area contributed by atoms with Gasteiger partial charge in [0.25, 0.3) is 5.91 Å². The van der Waals surface area contributed by atoms with E-state index < -0.39 is 0 Å². The summed E-state index contributed by atoms with van der Waals surface area (Å²) in [6.07, 6.45) is 4.93. The Balaban J connectivity index is 1.64. The Labute approximate surface area is 152 Å². The first-order valence-corrected chi connectivity index (χ1v) is 9.18. The Morgan fingerprint density at radius 2 is 2.12 bits per heavy atom. The van der Waals surface area contributed by atoms with E-state index in [9.17, 15) is 4.79 Å². The lowest BCUT2D eigenvalue weighted by Crippen LogP contribution is -2.25. The molecular weight excluding hydrogens is 326 g/mol. The third-order valence-corrected chi connectivity index (χ3v) is 5.08. The van der Waals surface area contributed by atoms with Crippen LogP contribution in [0, 0.1) is 12.8 Å². The zero-order valence-electron chi connectivity index (χ0n) is 15.2. The second kappa shape index (κ2) is 6.86. The normalized spacial score (nSPS) is 13.9. The molecule has 0 spiro atoms. The van der Waals surface area contributed by atoms with Gasteiger partial charge in [0, 0.05) is 24.5 Å². The average Bonchev–Trinajstić information content (AvgIpc) is 3.43. The van der Waals surface area contributed by atoms with Gasteiger partial charge in [-0.05, 0) is 37.8 Å². The topological polar surface area (TPSA) is 72.7 Å². The van der Waals surface area contributed by atoms with Crippen molar-refractivity contribution < 1.29 is 4.79 Å². The van der Waals surface area contributed by atoms with Crippen LogP contribution in [0.25, 0.3) is 22.2 Å². The molecule has 4 rings (SSSR count). The number of nitrogens with zero attached hydrogens (tertiary/aromatic N) is 4. The highest BCUT2D eigenvalue weighted by molar-refractivity contribution is 6.01. The number of fused-ring (bicyclic) bond motifs is 1. The van der Waals surface area contributed by atoms with Gasteiger partial charge >= 0.3 is 0 Å². The number of para-hydroxylation sites is 1. The molecule has 1 fully saturated rings. The number of aryl methyl sites for hydroxylation is 1. The highest BCUT2D eigenvalue weighted by Crippen LogP contribution is 2.33. The van der Waals surface area contributed by atoms with E-state index in [0.717, 1.165) is 40.2 Å². The Kier molecular flexibility index (Phi) is 4.41. The minimum Gasteiger partial charge on any atom is -0.351 e. The molecule has 1 aromatic carbocycles. The molecule has 26 heavy (non-hydrogen) atoms. The quantitative estimate of drug-likeness (QED) is 0.693. The number of aromatic nitrogens is 4. The van der Waals surface area contributed by atoms with E-state index in [4.69, 9.17) is 0 Å². The maximum absolute atomic E-state index is 12.6. The van der Waals surface area contributed by atoms with E-state index >= 15 is 0 Å². The standard InChI is InChI=1S/C20H23N5O/c1-13-19(23-24-25(13)2)16-12-18(22-17-8-4-3-7-15(16)17)20(26)21-11-5-6-14-9-10-14/h3-4,7-8,12,14H,5-6,9-11H2,1-2H3,(H,21,26). The number of rotatable bonds is 6. The summed E-state index contributed by atoms with van der Waals surface area (Å²) in [6.45, 7) is 2.67. The lowest BCUT2D eigenvalue weighted by Gasteiger charge is -2.09. The molecule has 134 valence electrons. The first kappa shape index (κ1) is 16.7. The number of nitrogens with one attached hydrogen (secondary N) is 1. The second-order valence-corrected chi connectivity index (χ2v) is 7.06. The van der Waals surface area contributed by atoms with Gasteiger partial charge in [0.05, 0.1) is 11.2 Å². The molecule has 0 atom stereocenters. The summed E-state index contributed by atoms with van der Waals surface area (Å²) in [7, 11) is 1.86. The van der Waals surface area contributed by atoms with Gasteiger partial charge in [-0.1, -0.05) is 36.3 Å². The smallest absolute Gasteiger partial charge is 0.269 e. The first-order valence-electron chi connectivity index (χ1n) is 9.18. The number of carbonyl (C=O) groups excluding carboxylic acids is 1. The summed E-state index contributed by atoms with van der Waals surface area (Å²) in [5.41, 5.74) is 3.85. The van der Waals surface area contributed by atoms with Crippen molar-refractivity contribution in [3.05, 3.63) is 41.7 Å². The number of hydrogen-bond donors (Lipinski definition) is 1. The molecule has 1 amide bonds. The van der Waals surface area contributed by atoms with Crippen molar-refractivity contribution in [2.75, 3.05) is 6.54 Å². The number of benzene rings is 1. The van der Waals surface area contributed by atoms with E-state index in [-0.39, 0.29) is 5.91 Å². The van der Waals surface area contributed by atoms with E-state index in [1.165, 1.54) is 19.3 Å². The number of hydrogen-bond acceptors (Lipinski definition) is 4. The molecule has 6 heteroatoms. The fourth-order valence-electron chi connectivity index (χ4n) is 3.23. The van der Waals surface area contributed by atoms with E-state index in [2.05, 4.69) is 20.6 Å². The summed E-state index contributed by atoms with van der Waals surface area (Å²) in [5.74, 6) is 0.756. The Morgan fingerprint density at radius 1 is 1.31 bits per heavy atom. The molecule has 1 N–H and O–H groups in total. The van der Waals surface area contributed by atoms with Gasteiger partial charge in [0.2, 0.25) is 0 Å². The summed E-state index contributed by atoms with van der Waals surface area (Å²) < 4.78 is 1.74. The number of pyridine rings is 1. The van der Waals surface area contributed by atoms with Gasteiger partial charge in [-0.25, -0.2) is 4.98 Å². The lowest BCUT2D eigenvalue weighted by atomic mass is 10.0. The highest BCUT2D eigenvalue weighted by atomic mass is 16.1. The average molecular weight is 349 g/mol. The van der Waals surface area contributed by atoms with Gasteiger partial charge in [0.15, 0.2) is 0 Å². The van der Waals surface area contributed by atoms with Crippen LogP contribution in [0.5, 0.6) is 0 Å². The predicted molar refractivity (Wildman–Crippen MR) is 101 cm³/mol. The summed E-state index contributed by atoms with van der Waals surface area (Å²) in [5, 5.41) is 12.4. The fourth-order valence-corrected chi connectivity index (χ4v) is 3.23. The SMILES string of the molecule is Cc1c(-c2cc(C(=O)NCCCC3CC3)nc3ccccc23)nnn1C. The van der Waals surface area contributed by atoms with Crippen molar-refractivity contribution in [2.45, 2.75) is 32.6 Å². The summed E-state index contributed by atoms with van der Waals surface area (Å²) in [4.78, 5) is 17.2. The largest absolute Gasteiger partial charge is 0.351 e. The highest BCUT2D eigenvalue weighted by Gasteiger charge is 2.20. The van der Waals surface area contributed by atoms with Crippen molar-refractivity contribution >= 4 is 16.8 Å². The minimum atomic E-state index is -0.130. The van der Waals surface area contributed by atoms with Crippen LogP contribution in [0.2, 0.25) is 0 Å². The van der Waals surface area contributed by atoms with Gasteiger partial charge < -0.3 is 5.32 Å². The van der Waals surface area contributed by atoms with E-state index in [1.807, 2.05) is 44.3 Å². The van der Waals surface area contributed by atoms with Crippen LogP contribution in [0.3, 0.4) is 0 Å². The van der Waals surface area contributed by atoms with Crippen LogP contribution in [0.1, 0.15) is 41.9 Å². The molecule has 2 heterocycles. The van der Waals surface area contributed by atoms with Crippen LogP contribution >= 0.6 is 0 Å². The fraction of sp³-hybridized carbons (Fsp3) is 0.400. The van der Waals surface area contributed by atoms with Crippen molar-refractivity contribution in [1.29, 1.82) is 0 Å². The van der Waals surface area contributed by atoms with Gasteiger partial charge in [-0.15, -0.1) is 5.10 Å². The third-order valence-electron chi connectivity index (χ3n) is 5.08. The Hall–Kier alpha value is -2.76. The van der Waals surface area contributed by atoms with Crippen molar-refractivity contribution in [3.8, 4) is 11.3 Å². The maximum Gasteiger partial charge on any atom is 0.269 e. The van der Waals surface area contributed by atoms with Crippen LogP contribution < -0.4 is 5.32 Å². The Morgan fingerprint density at radius 3 is 2.85 bits per heavy atom. The molecule has 3 aromatic rings. The van der Waals surface area contributed by atoms with Crippen LogP contribution in [-0.2, 0) is 7.05 Å². The molecule has 0 radical (unpaired) electrons. The molecular formula is C20H23N5O. The second-order valence-electron chi connectivity index (χ2n) is 7.06. The molecule has 0 saturated heterocycles. The molecule has 0 aliphatic heterocycles. The number of amides is 1. The zero-order valence-corrected chi connectivity index (χ0v) is 15.2. The van der Waals surface area contributed by atoms with E-state index in [0.29, 0.717) is 12.2 Å². The molecule has 0 unspecified atom stereocenters. The number of carbonyl (C=O) groups is 1. The molecule has 1 saturated carbocycles. The van der Waals surface area contributed by atoms with Crippen LogP contribution in [-0.4, -0.2) is 32.4 Å². The predicted octanol–water partition coefficient (Wildman–Crippen LogP) is 3.26. The monoisotopic (exact) mass is 349 g/mol. The molecule has 2 aromatic heterocycles. The minimum absolute atomic E-state index is 0.130. The first-order chi connectivity index (χ1) is 12.6. The van der Waals surface area contributed by atoms with E-state index in [1.54, 1.807) is 4.68 Å². The van der Waals surface area contributed by atoms with Gasteiger partial charge in [-0.2, -0.15) is 0 Å². The van der Waals surface area contributed by atoms with Gasteiger partial charge in [0.1, 0.15) is 11.4 Å². The maximum atomic E-state index is 12.6. The van der Waals surface area contributed by atoms with Crippen molar-refractivity contribution in [3.63, 3.8) is 0 Å².